The summed E-state index contributed by atoms with van der Waals surface area (Å²) in [5.41, 5.74) is 0.0111. The molecule has 0 nitrogen and oxygen atoms in total. The van der Waals surface area contributed by atoms with Gasteiger partial charge in [0.15, 0.2) is 0 Å². The van der Waals surface area contributed by atoms with E-state index in [4.69, 9.17) is 23.2 Å². The molecule has 0 radical (unpaired) electrons. The molecule has 2 rings (SSSR count). The highest BCUT2D eigenvalue weighted by molar-refractivity contribution is 7.16. The highest BCUT2D eigenvalue weighted by atomic mass is 35.5. The lowest BCUT2D eigenvalue weighted by Crippen LogP contribution is -2.00. The van der Waals surface area contributed by atoms with E-state index in [9.17, 15) is 8.78 Å². The van der Waals surface area contributed by atoms with Gasteiger partial charge in [0.05, 0.1) is 9.71 Å². The summed E-state index contributed by atoms with van der Waals surface area (Å²) in [6.07, 6.45) is 0.108. The fraction of sp³-hybridized carbons (Fsp3) is 0.167. The molecule has 0 amide bonds. The largest absolute Gasteiger partial charge is 0.207 e. The van der Waals surface area contributed by atoms with Crippen molar-refractivity contribution in [1.29, 1.82) is 0 Å². The highest BCUT2D eigenvalue weighted by Gasteiger charge is 2.16. The molecular formula is C12H8Cl2F2S. The van der Waals surface area contributed by atoms with Gasteiger partial charge in [0, 0.05) is 10.4 Å². The number of rotatable bonds is 3. The third kappa shape index (κ3) is 2.97. The second kappa shape index (κ2) is 5.34. The summed E-state index contributed by atoms with van der Waals surface area (Å²) in [5.74, 6) is -1.14. The maximum absolute atomic E-state index is 13.4. The Balaban J connectivity index is 2.21. The van der Waals surface area contributed by atoms with Gasteiger partial charge in [-0.15, -0.1) is 22.9 Å². The quantitative estimate of drug-likeness (QED) is 0.682. The van der Waals surface area contributed by atoms with Crippen molar-refractivity contribution in [3.05, 3.63) is 56.7 Å². The summed E-state index contributed by atoms with van der Waals surface area (Å²) in [4.78, 5) is 0.805. The SMILES string of the molecule is Fc1cccc(F)c1CC(Cl)c1ccc(Cl)s1. The van der Waals surface area contributed by atoms with Crippen molar-refractivity contribution in [1.82, 2.24) is 0 Å². The van der Waals surface area contributed by atoms with E-state index in [0.29, 0.717) is 4.34 Å². The van der Waals surface area contributed by atoms with Crippen LogP contribution in [-0.4, -0.2) is 0 Å². The zero-order valence-corrected chi connectivity index (χ0v) is 10.9. The molecule has 1 heterocycles. The summed E-state index contributed by atoms with van der Waals surface area (Å²) >= 11 is 13.2. The van der Waals surface area contributed by atoms with Crippen LogP contribution in [0, 0.1) is 11.6 Å². The smallest absolute Gasteiger partial charge is 0.129 e. The van der Waals surface area contributed by atoms with Crippen molar-refractivity contribution in [3.63, 3.8) is 0 Å². The van der Waals surface area contributed by atoms with E-state index >= 15 is 0 Å². The summed E-state index contributed by atoms with van der Waals surface area (Å²) in [7, 11) is 0. The van der Waals surface area contributed by atoms with Crippen LogP contribution < -0.4 is 0 Å². The van der Waals surface area contributed by atoms with E-state index in [2.05, 4.69) is 0 Å². The molecule has 1 unspecified atom stereocenters. The number of thiophene rings is 1. The van der Waals surface area contributed by atoms with Crippen LogP contribution in [-0.2, 0) is 6.42 Å². The molecule has 1 aromatic carbocycles. The monoisotopic (exact) mass is 292 g/mol. The van der Waals surface area contributed by atoms with Crippen molar-refractivity contribution in [3.8, 4) is 0 Å². The summed E-state index contributed by atoms with van der Waals surface area (Å²) in [6, 6.07) is 7.27. The van der Waals surface area contributed by atoms with Crippen molar-refractivity contribution < 1.29 is 8.78 Å². The topological polar surface area (TPSA) is 0 Å². The van der Waals surface area contributed by atoms with Gasteiger partial charge in [0.25, 0.3) is 0 Å². The first kappa shape index (κ1) is 12.8. The summed E-state index contributed by atoms with van der Waals surface area (Å²) in [5, 5.41) is -0.473. The average molecular weight is 293 g/mol. The van der Waals surface area contributed by atoms with Crippen LogP contribution in [0.5, 0.6) is 0 Å². The van der Waals surface area contributed by atoms with Crippen molar-refractivity contribution >= 4 is 34.5 Å². The first-order valence-electron chi connectivity index (χ1n) is 4.90. The molecule has 90 valence electrons. The molecule has 0 aliphatic rings. The van der Waals surface area contributed by atoms with E-state index in [1.165, 1.54) is 29.5 Å². The molecule has 17 heavy (non-hydrogen) atoms. The molecule has 2 aromatic rings. The van der Waals surface area contributed by atoms with Crippen molar-refractivity contribution in [2.24, 2.45) is 0 Å². The van der Waals surface area contributed by atoms with Gasteiger partial charge in [0.2, 0.25) is 0 Å². The Bertz CT molecular complexity index is 505. The summed E-state index contributed by atoms with van der Waals surface area (Å²) in [6.45, 7) is 0. The number of alkyl halides is 1. The Morgan fingerprint density at radius 2 is 1.76 bits per heavy atom. The van der Waals surface area contributed by atoms with Crippen LogP contribution >= 0.6 is 34.5 Å². The lowest BCUT2D eigenvalue weighted by atomic mass is 10.1. The highest BCUT2D eigenvalue weighted by Crippen LogP contribution is 2.33. The van der Waals surface area contributed by atoms with E-state index in [1.54, 1.807) is 12.1 Å². The Labute approximate surface area is 112 Å². The second-order valence-corrected chi connectivity index (χ2v) is 5.79. The Morgan fingerprint density at radius 1 is 1.12 bits per heavy atom. The molecule has 0 spiro atoms. The van der Waals surface area contributed by atoms with Gasteiger partial charge in [-0.25, -0.2) is 8.78 Å². The maximum atomic E-state index is 13.4. The van der Waals surface area contributed by atoms with Crippen LogP contribution in [0.3, 0.4) is 0 Å². The molecule has 0 saturated heterocycles. The Kier molecular flexibility index (Phi) is 4.02. The molecule has 0 aliphatic carbocycles. The van der Waals surface area contributed by atoms with Gasteiger partial charge in [-0.05, 0) is 30.7 Å². The lowest BCUT2D eigenvalue weighted by Gasteiger charge is -2.09. The van der Waals surface area contributed by atoms with E-state index in [0.717, 1.165) is 4.88 Å². The van der Waals surface area contributed by atoms with Crippen LogP contribution in [0.15, 0.2) is 30.3 Å². The predicted octanol–water partition coefficient (Wildman–Crippen LogP) is 5.20. The van der Waals surface area contributed by atoms with Crippen LogP contribution in [0.4, 0.5) is 8.78 Å². The van der Waals surface area contributed by atoms with Crippen LogP contribution in [0.2, 0.25) is 4.34 Å². The molecule has 0 saturated carbocycles. The molecule has 0 N–H and O–H groups in total. The third-order valence-corrected chi connectivity index (χ3v) is 4.21. The fourth-order valence-corrected chi connectivity index (χ4v) is 2.90. The van der Waals surface area contributed by atoms with Crippen LogP contribution in [0.1, 0.15) is 15.8 Å². The summed E-state index contributed by atoms with van der Waals surface area (Å²) < 4.78 is 27.4. The standard InChI is InChI=1S/C12H8Cl2F2S/c13-8(11-4-5-12(14)17-11)6-7-9(15)2-1-3-10(7)16/h1-5,8H,6H2. The number of benzene rings is 1. The second-order valence-electron chi connectivity index (χ2n) is 3.51. The molecule has 0 fully saturated rings. The molecule has 5 heteroatoms. The average Bonchev–Trinajstić information content (AvgIpc) is 2.70. The predicted molar refractivity (Wildman–Crippen MR) is 68.0 cm³/mol. The fourth-order valence-electron chi connectivity index (χ4n) is 1.50. The minimum Gasteiger partial charge on any atom is -0.207 e. The van der Waals surface area contributed by atoms with Gasteiger partial charge in [0.1, 0.15) is 11.6 Å². The number of halogens is 4. The van der Waals surface area contributed by atoms with Gasteiger partial charge in [-0.3, -0.25) is 0 Å². The minimum atomic E-state index is -0.571. The van der Waals surface area contributed by atoms with Crippen molar-refractivity contribution in [2.75, 3.05) is 0 Å². The molecular weight excluding hydrogens is 285 g/mol. The Hall–Kier alpha value is -0.640. The first-order valence-corrected chi connectivity index (χ1v) is 6.53. The zero-order valence-electron chi connectivity index (χ0n) is 8.59. The van der Waals surface area contributed by atoms with E-state index in [1.807, 2.05) is 0 Å². The zero-order chi connectivity index (χ0) is 12.4. The van der Waals surface area contributed by atoms with Gasteiger partial charge in [-0.2, -0.15) is 0 Å². The molecule has 0 bridgehead atoms. The van der Waals surface area contributed by atoms with E-state index < -0.39 is 17.0 Å². The number of hydrogen-bond acceptors (Lipinski definition) is 1. The maximum Gasteiger partial charge on any atom is 0.129 e. The number of hydrogen-bond donors (Lipinski definition) is 0. The Morgan fingerprint density at radius 3 is 2.29 bits per heavy atom. The van der Waals surface area contributed by atoms with Gasteiger partial charge >= 0.3 is 0 Å². The van der Waals surface area contributed by atoms with Crippen LogP contribution in [0.25, 0.3) is 0 Å². The van der Waals surface area contributed by atoms with Gasteiger partial charge < -0.3 is 0 Å². The lowest BCUT2D eigenvalue weighted by molar-refractivity contribution is 0.553. The molecule has 1 aromatic heterocycles. The normalized spacial score (nSPS) is 12.7. The van der Waals surface area contributed by atoms with Crippen molar-refractivity contribution in [2.45, 2.75) is 11.8 Å². The molecule has 0 aliphatic heterocycles. The van der Waals surface area contributed by atoms with Gasteiger partial charge in [-0.1, -0.05) is 17.7 Å². The first-order chi connectivity index (χ1) is 8.08. The van der Waals surface area contributed by atoms with E-state index in [-0.39, 0.29) is 12.0 Å². The third-order valence-electron chi connectivity index (χ3n) is 2.35. The molecule has 1 atom stereocenters. The minimum absolute atomic E-state index is 0.0111.